The van der Waals surface area contributed by atoms with E-state index in [2.05, 4.69) is 10.2 Å². The van der Waals surface area contributed by atoms with Crippen LogP contribution in [0.4, 0.5) is 4.39 Å². The molecule has 0 N–H and O–H groups in total. The van der Waals surface area contributed by atoms with Crippen molar-refractivity contribution in [3.63, 3.8) is 0 Å². The first kappa shape index (κ1) is 22.6. The maximum absolute atomic E-state index is 13.0. The van der Waals surface area contributed by atoms with Crippen molar-refractivity contribution in [1.29, 1.82) is 0 Å². The van der Waals surface area contributed by atoms with Gasteiger partial charge in [0, 0.05) is 18.7 Å². The van der Waals surface area contributed by atoms with E-state index in [4.69, 9.17) is 9.15 Å². The van der Waals surface area contributed by atoms with Gasteiger partial charge in [-0.05, 0) is 55.5 Å². The number of ether oxygens (including phenoxy) is 1. The van der Waals surface area contributed by atoms with Crippen LogP contribution in [0.3, 0.4) is 0 Å². The lowest BCUT2D eigenvalue weighted by atomic mass is 10.2. The minimum Gasteiger partial charge on any atom is -0.449 e. The second-order valence-corrected chi connectivity index (χ2v) is 8.55. The number of hydrogen-bond donors (Lipinski definition) is 0. The number of carbonyl (C=O) groups is 1. The Morgan fingerprint density at radius 2 is 1.68 bits per heavy atom. The summed E-state index contributed by atoms with van der Waals surface area (Å²) in [5.41, 5.74) is 0.715. The largest absolute Gasteiger partial charge is 0.449 e. The molecule has 0 aliphatic rings. The summed E-state index contributed by atoms with van der Waals surface area (Å²) in [4.78, 5) is 12.5. The Balaban J connectivity index is 1.69. The van der Waals surface area contributed by atoms with Gasteiger partial charge in [-0.2, -0.15) is 4.31 Å². The van der Waals surface area contributed by atoms with Gasteiger partial charge in [0.25, 0.3) is 5.89 Å². The van der Waals surface area contributed by atoms with Crippen LogP contribution < -0.4 is 0 Å². The van der Waals surface area contributed by atoms with Crippen molar-refractivity contribution in [3.8, 4) is 11.5 Å². The lowest BCUT2D eigenvalue weighted by Gasteiger charge is -2.18. The molecule has 8 nitrogen and oxygen atoms in total. The summed E-state index contributed by atoms with van der Waals surface area (Å²) >= 11 is 0. The SMILES string of the molecule is CCN(CC)S(=O)(=O)c1ccc(C(=O)OC(C)c2nnc(-c3ccc(F)cc3)o2)cc1. The number of esters is 1. The summed E-state index contributed by atoms with van der Waals surface area (Å²) in [6.45, 7) is 5.79. The molecule has 0 saturated heterocycles. The van der Waals surface area contributed by atoms with Gasteiger partial charge in [-0.15, -0.1) is 10.2 Å². The molecule has 0 saturated carbocycles. The van der Waals surface area contributed by atoms with Gasteiger partial charge in [-0.25, -0.2) is 17.6 Å². The van der Waals surface area contributed by atoms with Crippen molar-refractivity contribution in [1.82, 2.24) is 14.5 Å². The Morgan fingerprint density at radius 1 is 1.06 bits per heavy atom. The molecule has 0 fully saturated rings. The van der Waals surface area contributed by atoms with E-state index in [-0.39, 0.29) is 28.1 Å². The minimum absolute atomic E-state index is 0.0772. The van der Waals surface area contributed by atoms with E-state index in [1.807, 2.05) is 0 Å². The van der Waals surface area contributed by atoms with Crippen molar-refractivity contribution >= 4 is 16.0 Å². The Kier molecular flexibility index (Phi) is 6.81. The van der Waals surface area contributed by atoms with Crippen LogP contribution in [0.25, 0.3) is 11.5 Å². The maximum atomic E-state index is 13.0. The number of nitrogens with zero attached hydrogens (tertiary/aromatic N) is 3. The molecule has 164 valence electrons. The third kappa shape index (κ3) is 4.97. The molecule has 3 aromatic rings. The Labute approximate surface area is 179 Å². The van der Waals surface area contributed by atoms with Crippen LogP contribution in [0, 0.1) is 5.82 Å². The van der Waals surface area contributed by atoms with Crippen LogP contribution in [0.15, 0.2) is 57.8 Å². The molecule has 0 spiro atoms. The first-order valence-corrected chi connectivity index (χ1v) is 11.1. The van der Waals surface area contributed by atoms with Gasteiger partial charge in [0.05, 0.1) is 10.5 Å². The zero-order valence-electron chi connectivity index (χ0n) is 17.3. The zero-order valence-corrected chi connectivity index (χ0v) is 18.1. The van der Waals surface area contributed by atoms with Gasteiger partial charge in [-0.3, -0.25) is 0 Å². The van der Waals surface area contributed by atoms with Crippen molar-refractivity contribution in [2.45, 2.75) is 31.8 Å². The van der Waals surface area contributed by atoms with Crippen molar-refractivity contribution in [2.24, 2.45) is 0 Å². The maximum Gasteiger partial charge on any atom is 0.338 e. The summed E-state index contributed by atoms with van der Waals surface area (Å²) in [7, 11) is -3.61. The molecular weight excluding hydrogens is 425 g/mol. The zero-order chi connectivity index (χ0) is 22.6. The molecule has 31 heavy (non-hydrogen) atoms. The molecule has 0 radical (unpaired) electrons. The number of carbonyl (C=O) groups excluding carboxylic acids is 1. The highest BCUT2D eigenvalue weighted by Crippen LogP contribution is 2.24. The molecule has 1 aromatic heterocycles. The van der Waals surface area contributed by atoms with Gasteiger partial charge >= 0.3 is 5.97 Å². The van der Waals surface area contributed by atoms with E-state index in [1.165, 1.54) is 52.8 Å². The first-order chi connectivity index (χ1) is 14.8. The van der Waals surface area contributed by atoms with Gasteiger partial charge in [-0.1, -0.05) is 13.8 Å². The first-order valence-electron chi connectivity index (χ1n) is 9.66. The molecule has 10 heteroatoms. The number of halogens is 1. The number of aromatic nitrogens is 2. The van der Waals surface area contributed by atoms with Crippen LogP contribution in [-0.2, 0) is 14.8 Å². The van der Waals surface area contributed by atoms with E-state index >= 15 is 0 Å². The fourth-order valence-electron chi connectivity index (χ4n) is 2.86. The molecule has 0 aliphatic carbocycles. The average Bonchev–Trinajstić information content (AvgIpc) is 3.25. The van der Waals surface area contributed by atoms with Gasteiger partial charge in [0.1, 0.15) is 5.82 Å². The lowest BCUT2D eigenvalue weighted by Crippen LogP contribution is -2.30. The summed E-state index contributed by atoms with van der Waals surface area (Å²) in [5, 5.41) is 7.76. The third-order valence-electron chi connectivity index (χ3n) is 4.60. The average molecular weight is 447 g/mol. The molecule has 0 amide bonds. The minimum atomic E-state index is -3.61. The topological polar surface area (TPSA) is 103 Å². The smallest absolute Gasteiger partial charge is 0.338 e. The second kappa shape index (κ2) is 9.36. The number of benzene rings is 2. The summed E-state index contributed by atoms with van der Waals surface area (Å²) in [6, 6.07) is 11.1. The van der Waals surface area contributed by atoms with Gasteiger partial charge in [0.15, 0.2) is 6.10 Å². The molecule has 1 unspecified atom stereocenters. The molecule has 1 heterocycles. The summed E-state index contributed by atoms with van der Waals surface area (Å²) in [5.74, 6) is -0.806. The second-order valence-electron chi connectivity index (χ2n) is 6.61. The molecule has 1 atom stereocenters. The number of hydrogen-bond acceptors (Lipinski definition) is 7. The van der Waals surface area contributed by atoms with Crippen LogP contribution in [0.2, 0.25) is 0 Å². The Hall–Kier alpha value is -3.11. The fraction of sp³-hybridized carbons (Fsp3) is 0.286. The highest BCUT2D eigenvalue weighted by Gasteiger charge is 2.23. The van der Waals surface area contributed by atoms with E-state index in [0.29, 0.717) is 18.7 Å². The highest BCUT2D eigenvalue weighted by molar-refractivity contribution is 7.89. The Morgan fingerprint density at radius 3 is 2.26 bits per heavy atom. The van der Waals surface area contributed by atoms with Crippen LogP contribution in [-0.4, -0.2) is 42.0 Å². The fourth-order valence-corrected chi connectivity index (χ4v) is 4.32. The van der Waals surface area contributed by atoms with Crippen molar-refractivity contribution in [2.75, 3.05) is 13.1 Å². The predicted octanol–water partition coefficient (Wildman–Crippen LogP) is 3.82. The van der Waals surface area contributed by atoms with E-state index in [0.717, 1.165) is 0 Å². The van der Waals surface area contributed by atoms with Crippen LogP contribution in [0.1, 0.15) is 43.1 Å². The van der Waals surface area contributed by atoms with Crippen molar-refractivity contribution in [3.05, 3.63) is 65.8 Å². The third-order valence-corrected chi connectivity index (χ3v) is 6.66. The standard InChI is InChI=1S/C21H22FN3O5S/c1-4-25(5-2)31(27,28)18-12-8-16(9-13-18)21(26)29-14(3)19-23-24-20(30-19)15-6-10-17(22)11-7-15/h6-14H,4-5H2,1-3H3. The van der Waals surface area contributed by atoms with Crippen LogP contribution >= 0.6 is 0 Å². The molecular formula is C21H22FN3O5S. The molecule has 0 bridgehead atoms. The van der Waals surface area contributed by atoms with Gasteiger partial charge in [0.2, 0.25) is 15.9 Å². The normalized spacial score (nSPS) is 12.7. The summed E-state index contributed by atoms with van der Waals surface area (Å²) in [6.07, 6.45) is -0.840. The van der Waals surface area contributed by atoms with E-state index in [1.54, 1.807) is 20.8 Å². The monoisotopic (exact) mass is 447 g/mol. The number of rotatable bonds is 8. The lowest BCUT2D eigenvalue weighted by molar-refractivity contribution is 0.0279. The van der Waals surface area contributed by atoms with Crippen LogP contribution in [0.5, 0.6) is 0 Å². The van der Waals surface area contributed by atoms with E-state index in [9.17, 15) is 17.6 Å². The molecule has 2 aromatic carbocycles. The van der Waals surface area contributed by atoms with Crippen molar-refractivity contribution < 1.29 is 26.8 Å². The summed E-state index contributed by atoms with van der Waals surface area (Å²) < 4.78 is 50.3. The molecule has 3 rings (SSSR count). The van der Waals surface area contributed by atoms with E-state index < -0.39 is 22.1 Å². The number of sulfonamides is 1. The quantitative estimate of drug-likeness (QED) is 0.484. The highest BCUT2D eigenvalue weighted by atomic mass is 32.2. The van der Waals surface area contributed by atoms with Gasteiger partial charge < -0.3 is 9.15 Å². The molecule has 0 aliphatic heterocycles. The predicted molar refractivity (Wildman–Crippen MR) is 110 cm³/mol. The Bertz CT molecular complexity index is 1140.